The third-order valence-electron chi connectivity index (χ3n) is 3.88. The zero-order valence-corrected chi connectivity index (χ0v) is 25.9. The Morgan fingerprint density at radius 1 is 0.639 bits per heavy atom. The summed E-state index contributed by atoms with van der Waals surface area (Å²) < 4.78 is 74.7. The van der Waals surface area contributed by atoms with E-state index in [2.05, 4.69) is 24.5 Å². The summed E-state index contributed by atoms with van der Waals surface area (Å²) in [6.45, 7) is 25.7. The van der Waals surface area contributed by atoms with E-state index in [0.29, 0.717) is 0 Å². The molecule has 0 saturated heterocycles. The highest BCUT2D eigenvalue weighted by molar-refractivity contribution is 7.97. The summed E-state index contributed by atoms with van der Waals surface area (Å²) in [5.74, 6) is -1.80. The van der Waals surface area contributed by atoms with Crippen LogP contribution in [0.1, 0.15) is 69.2 Å². The molecule has 0 aromatic rings. The zero-order valence-electron chi connectivity index (χ0n) is 23.4. The van der Waals surface area contributed by atoms with Crippen LogP contribution in [0.5, 0.6) is 0 Å². The summed E-state index contributed by atoms with van der Waals surface area (Å²) in [6, 6.07) is 0. The fourth-order valence-corrected chi connectivity index (χ4v) is 4.03. The number of methoxy groups -OCH3 is 1. The monoisotopic (exact) mass is 574 g/mol. The number of rotatable bonds is 5. The minimum Gasteiger partial charge on any atom is -0.465 e. The molecule has 212 valence electrons. The maximum absolute atomic E-state index is 11.6. The van der Waals surface area contributed by atoms with Crippen LogP contribution in [0.2, 0.25) is 0 Å². The zero-order chi connectivity index (χ0) is 30.3. The van der Waals surface area contributed by atoms with E-state index in [9.17, 15) is 34.8 Å². The average molecular weight is 575 g/mol. The van der Waals surface area contributed by atoms with Crippen LogP contribution in [-0.4, -0.2) is 65.7 Å². The Morgan fingerprint density at radius 2 is 0.972 bits per heavy atom. The topological polar surface area (TPSA) is 155 Å². The van der Waals surface area contributed by atoms with Gasteiger partial charge in [0.1, 0.15) is 15.4 Å². The maximum atomic E-state index is 11.6. The van der Waals surface area contributed by atoms with E-state index in [0.717, 1.165) is 13.4 Å². The number of esters is 2. The number of carbonyl (C=O) groups is 2. The van der Waals surface area contributed by atoms with Crippen molar-refractivity contribution in [2.75, 3.05) is 13.4 Å². The van der Waals surface area contributed by atoms with E-state index in [1.54, 1.807) is 41.5 Å². The molecule has 0 amide bonds. The number of allylic oxidation sites excluding steroid dienone is 1. The van der Waals surface area contributed by atoms with Crippen molar-refractivity contribution < 1.29 is 44.3 Å². The van der Waals surface area contributed by atoms with Crippen LogP contribution in [0.4, 0.5) is 0 Å². The van der Waals surface area contributed by atoms with Crippen molar-refractivity contribution in [2.45, 2.75) is 84.3 Å². The number of sulfone groups is 3. The molecule has 0 saturated carbocycles. The average Bonchev–Trinajstić information content (AvgIpc) is 2.63. The Labute approximate surface area is 217 Å². The molecule has 0 aliphatic rings. The quantitative estimate of drug-likeness (QED) is 0.352. The Balaban J connectivity index is -0.000000459. The summed E-state index contributed by atoms with van der Waals surface area (Å²) >= 11 is 0. The number of ether oxygens (including phenoxy) is 2. The van der Waals surface area contributed by atoms with Gasteiger partial charge in [-0.1, -0.05) is 19.7 Å². The third-order valence-corrected chi connectivity index (χ3v) is 9.90. The molecule has 10 nitrogen and oxygen atoms in total. The molecule has 0 rings (SSSR count). The minimum absolute atomic E-state index is 0.236. The Morgan fingerprint density at radius 3 is 1.14 bits per heavy atom. The van der Waals surface area contributed by atoms with E-state index < -0.39 is 66.4 Å². The SMILES string of the molecule is C=C(C(=O)OC(C)(C)C)S(C)(=O)=O.C=C(C(=O)OC)S(=O)(=O)C(C)(C)C.C=C(C)S(=O)(=O)C(C)(C)C. The lowest BCUT2D eigenvalue weighted by Gasteiger charge is -2.19. The van der Waals surface area contributed by atoms with Crippen molar-refractivity contribution in [2.24, 2.45) is 0 Å². The van der Waals surface area contributed by atoms with Crippen molar-refractivity contribution in [3.05, 3.63) is 34.5 Å². The van der Waals surface area contributed by atoms with E-state index in [1.165, 1.54) is 27.7 Å². The van der Waals surface area contributed by atoms with Gasteiger partial charge in [0.2, 0.25) is 0 Å². The molecule has 0 spiro atoms. The first-order chi connectivity index (χ1) is 15.4. The molecule has 0 heterocycles. The molecule has 0 fully saturated rings. The summed E-state index contributed by atoms with van der Waals surface area (Å²) in [7, 11) is -9.19. The van der Waals surface area contributed by atoms with Gasteiger partial charge in [-0.25, -0.2) is 34.8 Å². The smallest absolute Gasteiger partial charge is 0.349 e. The molecule has 0 atom stereocenters. The molecular formula is C23H42O10S3. The van der Waals surface area contributed by atoms with E-state index in [4.69, 9.17) is 4.74 Å². The highest BCUT2D eigenvalue weighted by atomic mass is 32.2. The Hall–Kier alpha value is -1.99. The summed E-state index contributed by atoms with van der Waals surface area (Å²) in [5.41, 5.74) is -0.704. The lowest BCUT2D eigenvalue weighted by molar-refractivity contribution is -0.149. The van der Waals surface area contributed by atoms with Crippen LogP contribution in [0, 0.1) is 0 Å². The van der Waals surface area contributed by atoms with Crippen LogP contribution < -0.4 is 0 Å². The second-order valence-corrected chi connectivity index (χ2v) is 18.2. The van der Waals surface area contributed by atoms with Gasteiger partial charge in [-0.15, -0.1) is 0 Å². The maximum Gasteiger partial charge on any atom is 0.349 e. The predicted octanol–water partition coefficient (Wildman–Crippen LogP) is 3.51. The van der Waals surface area contributed by atoms with Crippen LogP contribution in [0.25, 0.3) is 0 Å². The van der Waals surface area contributed by atoms with Crippen molar-refractivity contribution >= 4 is 41.5 Å². The van der Waals surface area contributed by atoms with Crippen LogP contribution in [0.3, 0.4) is 0 Å². The predicted molar refractivity (Wildman–Crippen MR) is 143 cm³/mol. The molecule has 13 heteroatoms. The van der Waals surface area contributed by atoms with Gasteiger partial charge < -0.3 is 9.47 Å². The largest absolute Gasteiger partial charge is 0.465 e. The van der Waals surface area contributed by atoms with Crippen molar-refractivity contribution in [3.63, 3.8) is 0 Å². The van der Waals surface area contributed by atoms with Gasteiger partial charge in [-0.3, -0.25) is 0 Å². The van der Waals surface area contributed by atoms with Crippen LogP contribution >= 0.6 is 0 Å². The lowest BCUT2D eigenvalue weighted by Crippen LogP contribution is -2.31. The van der Waals surface area contributed by atoms with Gasteiger partial charge in [-0.2, -0.15) is 0 Å². The Bertz CT molecular complexity index is 1170. The Kier molecular flexibility index (Phi) is 13.9. The molecule has 0 N–H and O–H groups in total. The van der Waals surface area contributed by atoms with Gasteiger partial charge in [0.25, 0.3) is 0 Å². The normalized spacial score (nSPS) is 12.6. The van der Waals surface area contributed by atoms with Crippen molar-refractivity contribution in [3.8, 4) is 0 Å². The van der Waals surface area contributed by atoms with Crippen molar-refractivity contribution in [1.29, 1.82) is 0 Å². The first kappa shape index (κ1) is 38.5. The highest BCUT2D eigenvalue weighted by Crippen LogP contribution is 2.23. The molecule has 0 radical (unpaired) electrons. The van der Waals surface area contributed by atoms with Gasteiger partial charge in [0, 0.05) is 11.2 Å². The summed E-state index contributed by atoms with van der Waals surface area (Å²) in [5, 5.41) is 0. The van der Waals surface area contributed by atoms with Crippen molar-refractivity contribution in [1.82, 2.24) is 0 Å². The van der Waals surface area contributed by atoms with Gasteiger partial charge in [-0.05, 0) is 69.2 Å². The third kappa shape index (κ3) is 12.8. The molecule has 0 aromatic carbocycles. The standard InChI is InChI=1S/2C8H14O4S.C7H14O2S/c1-6(13(5,10)11)7(9)12-8(2,3)4;1-6(7(9)12-5)13(10,11)8(2,3)4;1-6(2)10(8,9)7(3,4)5/h2*1H2,2-5H3;1H2,2-5H3. The van der Waals surface area contributed by atoms with Gasteiger partial charge >= 0.3 is 11.9 Å². The van der Waals surface area contributed by atoms with E-state index in [-0.39, 0.29) is 4.91 Å². The molecule has 36 heavy (non-hydrogen) atoms. The minimum atomic E-state index is -3.66. The first-order valence-electron chi connectivity index (χ1n) is 10.4. The van der Waals surface area contributed by atoms with Crippen LogP contribution in [0.15, 0.2) is 34.5 Å². The molecule has 0 bridgehead atoms. The summed E-state index contributed by atoms with van der Waals surface area (Å²) in [6.07, 6.45) is 0.916. The first-order valence-corrected chi connectivity index (χ1v) is 15.3. The number of hydrogen-bond donors (Lipinski definition) is 0. The fourth-order valence-electron chi connectivity index (χ4n) is 1.60. The van der Waals surface area contributed by atoms with Crippen LogP contribution in [-0.2, 0) is 48.6 Å². The number of hydrogen-bond acceptors (Lipinski definition) is 10. The fraction of sp³-hybridized carbons (Fsp3) is 0.652. The van der Waals surface area contributed by atoms with Gasteiger partial charge in [0.15, 0.2) is 29.5 Å². The highest BCUT2D eigenvalue weighted by Gasteiger charge is 2.35. The molecule has 0 aromatic heterocycles. The number of carbonyl (C=O) groups excluding carboxylic acids is 2. The molecule has 0 aliphatic carbocycles. The lowest BCUT2D eigenvalue weighted by atomic mass is 10.2. The van der Waals surface area contributed by atoms with Gasteiger partial charge in [0.05, 0.1) is 16.6 Å². The van der Waals surface area contributed by atoms with E-state index in [1.807, 2.05) is 0 Å². The second-order valence-electron chi connectivity index (χ2n) is 10.5. The summed E-state index contributed by atoms with van der Waals surface area (Å²) in [4.78, 5) is 21.2. The molecule has 0 unspecified atom stereocenters. The molecular weight excluding hydrogens is 532 g/mol. The van der Waals surface area contributed by atoms with E-state index >= 15 is 0 Å². The molecule has 0 aliphatic heterocycles. The second kappa shape index (κ2) is 13.0.